The van der Waals surface area contributed by atoms with E-state index >= 15 is 0 Å². The molecule has 1 aromatic rings. The monoisotopic (exact) mass is 330 g/mol. The van der Waals surface area contributed by atoms with Crippen molar-refractivity contribution in [1.82, 2.24) is 15.6 Å². The van der Waals surface area contributed by atoms with Crippen molar-refractivity contribution in [3.05, 3.63) is 24.0 Å². The van der Waals surface area contributed by atoms with Crippen LogP contribution in [0, 0.1) is 0 Å². The topological polar surface area (TPSA) is 91.4 Å². The van der Waals surface area contributed by atoms with E-state index in [1.807, 2.05) is 12.3 Å². The lowest BCUT2D eigenvalue weighted by molar-refractivity contribution is -0.134. The Labute approximate surface area is 140 Å². The number of nitrogens with zero attached hydrogens (tertiary/aromatic N) is 2. The summed E-state index contributed by atoms with van der Waals surface area (Å²) in [4.78, 5) is 41.7. The molecule has 3 rings (SSSR count). The van der Waals surface area contributed by atoms with Crippen LogP contribution in [0.25, 0.3) is 0 Å². The number of ketones is 2. The van der Waals surface area contributed by atoms with E-state index in [4.69, 9.17) is 0 Å². The van der Waals surface area contributed by atoms with Gasteiger partial charge < -0.3 is 15.5 Å². The highest BCUT2D eigenvalue weighted by Gasteiger charge is 2.28. The third kappa shape index (κ3) is 4.17. The molecule has 7 heteroatoms. The van der Waals surface area contributed by atoms with E-state index in [9.17, 15) is 14.4 Å². The van der Waals surface area contributed by atoms with Gasteiger partial charge in [-0.25, -0.2) is 0 Å². The molecule has 1 aromatic heterocycles. The first kappa shape index (κ1) is 16.6. The fraction of sp³-hybridized carbons (Fsp3) is 0.529. The van der Waals surface area contributed by atoms with Crippen molar-refractivity contribution < 1.29 is 14.4 Å². The first-order valence-electron chi connectivity index (χ1n) is 8.35. The Morgan fingerprint density at radius 3 is 2.83 bits per heavy atom. The largest absolute Gasteiger partial charge is 0.368 e. The van der Waals surface area contributed by atoms with E-state index in [-0.39, 0.29) is 30.3 Å². The molecule has 0 aromatic carbocycles. The number of anilines is 1. The van der Waals surface area contributed by atoms with Crippen molar-refractivity contribution in [3.63, 3.8) is 0 Å². The Morgan fingerprint density at radius 1 is 1.29 bits per heavy atom. The zero-order valence-electron chi connectivity index (χ0n) is 13.6. The molecule has 2 heterocycles. The number of amides is 1. The first-order valence-corrected chi connectivity index (χ1v) is 8.35. The lowest BCUT2D eigenvalue weighted by atomic mass is 9.93. The van der Waals surface area contributed by atoms with Gasteiger partial charge in [-0.15, -0.1) is 0 Å². The number of aromatic nitrogens is 1. The zero-order chi connectivity index (χ0) is 16.9. The zero-order valence-corrected chi connectivity index (χ0v) is 13.6. The SMILES string of the molecule is O=C1CCC(NC(=O)Cc2cncc(N3CCNCC3)c2)C(=O)C1. The van der Waals surface area contributed by atoms with Crippen molar-refractivity contribution in [2.24, 2.45) is 0 Å². The molecule has 7 nitrogen and oxygen atoms in total. The van der Waals surface area contributed by atoms with Crippen molar-refractivity contribution in [1.29, 1.82) is 0 Å². The third-order valence-corrected chi connectivity index (χ3v) is 4.43. The van der Waals surface area contributed by atoms with E-state index in [1.165, 1.54) is 0 Å². The van der Waals surface area contributed by atoms with Gasteiger partial charge in [0.1, 0.15) is 5.78 Å². The molecule has 1 amide bonds. The van der Waals surface area contributed by atoms with Crippen molar-refractivity contribution in [3.8, 4) is 0 Å². The van der Waals surface area contributed by atoms with Gasteiger partial charge in [0, 0.05) is 38.8 Å². The van der Waals surface area contributed by atoms with E-state index in [0.29, 0.717) is 12.8 Å². The molecular formula is C17H22N4O3. The van der Waals surface area contributed by atoms with Crippen LogP contribution in [0.15, 0.2) is 18.5 Å². The number of piperazine rings is 1. The van der Waals surface area contributed by atoms with Gasteiger partial charge in [-0.1, -0.05) is 0 Å². The van der Waals surface area contributed by atoms with Crippen LogP contribution in [0.2, 0.25) is 0 Å². The quantitative estimate of drug-likeness (QED) is 0.746. The average molecular weight is 330 g/mol. The summed E-state index contributed by atoms with van der Waals surface area (Å²) < 4.78 is 0. The van der Waals surface area contributed by atoms with Gasteiger partial charge in [0.05, 0.1) is 30.8 Å². The molecule has 1 atom stereocenters. The number of rotatable bonds is 4. The van der Waals surface area contributed by atoms with Crippen LogP contribution >= 0.6 is 0 Å². The molecule has 2 aliphatic rings. The molecule has 2 fully saturated rings. The Hall–Kier alpha value is -2.28. The highest BCUT2D eigenvalue weighted by atomic mass is 16.2. The number of hydrogen-bond donors (Lipinski definition) is 2. The molecule has 1 aliphatic heterocycles. The normalized spacial score (nSPS) is 21.7. The maximum atomic E-state index is 12.2. The van der Waals surface area contributed by atoms with Crippen molar-refractivity contribution >= 4 is 23.2 Å². The van der Waals surface area contributed by atoms with Crippen LogP contribution in [0.3, 0.4) is 0 Å². The van der Waals surface area contributed by atoms with E-state index in [0.717, 1.165) is 37.4 Å². The highest BCUT2D eigenvalue weighted by molar-refractivity contribution is 6.05. The summed E-state index contributed by atoms with van der Waals surface area (Å²) in [5.41, 5.74) is 1.84. The summed E-state index contributed by atoms with van der Waals surface area (Å²) >= 11 is 0. The summed E-state index contributed by atoms with van der Waals surface area (Å²) in [5.74, 6) is -0.437. The van der Waals surface area contributed by atoms with Crippen molar-refractivity contribution in [2.45, 2.75) is 31.7 Å². The van der Waals surface area contributed by atoms with Crippen LogP contribution in [0.1, 0.15) is 24.8 Å². The molecule has 24 heavy (non-hydrogen) atoms. The number of nitrogens with one attached hydrogen (secondary N) is 2. The molecule has 1 saturated carbocycles. The van der Waals surface area contributed by atoms with Crippen LogP contribution in [0.5, 0.6) is 0 Å². The Morgan fingerprint density at radius 2 is 2.08 bits per heavy atom. The second-order valence-electron chi connectivity index (χ2n) is 6.31. The molecule has 1 saturated heterocycles. The Balaban J connectivity index is 1.58. The summed E-state index contributed by atoms with van der Waals surface area (Å²) in [5, 5.41) is 6.05. The molecule has 1 unspecified atom stereocenters. The van der Waals surface area contributed by atoms with Gasteiger partial charge in [0.15, 0.2) is 5.78 Å². The summed E-state index contributed by atoms with van der Waals surface area (Å²) in [7, 11) is 0. The number of carbonyl (C=O) groups excluding carboxylic acids is 3. The number of Topliss-reactive ketones (excluding diaryl/α,β-unsaturated/α-hetero) is 2. The lowest BCUT2D eigenvalue weighted by Gasteiger charge is -2.29. The minimum Gasteiger partial charge on any atom is -0.368 e. The number of carbonyl (C=O) groups is 3. The smallest absolute Gasteiger partial charge is 0.225 e. The second-order valence-corrected chi connectivity index (χ2v) is 6.31. The maximum Gasteiger partial charge on any atom is 0.225 e. The number of hydrogen-bond acceptors (Lipinski definition) is 6. The third-order valence-electron chi connectivity index (χ3n) is 4.43. The van der Waals surface area contributed by atoms with E-state index in [1.54, 1.807) is 6.20 Å². The molecule has 128 valence electrons. The molecule has 0 radical (unpaired) electrons. The average Bonchev–Trinajstić information content (AvgIpc) is 2.58. The van der Waals surface area contributed by atoms with Gasteiger partial charge in [0.25, 0.3) is 0 Å². The van der Waals surface area contributed by atoms with Crippen molar-refractivity contribution in [2.75, 3.05) is 31.1 Å². The van der Waals surface area contributed by atoms with Gasteiger partial charge in [-0.3, -0.25) is 19.4 Å². The predicted molar refractivity (Wildman–Crippen MR) is 88.8 cm³/mol. The molecule has 1 aliphatic carbocycles. The number of pyridine rings is 1. The van der Waals surface area contributed by atoms with Gasteiger partial charge in [-0.2, -0.15) is 0 Å². The van der Waals surface area contributed by atoms with E-state index < -0.39 is 6.04 Å². The summed E-state index contributed by atoms with van der Waals surface area (Å²) in [6.07, 6.45) is 4.37. The van der Waals surface area contributed by atoms with Crippen LogP contribution in [0.4, 0.5) is 5.69 Å². The lowest BCUT2D eigenvalue weighted by Crippen LogP contribution is -2.45. The minimum absolute atomic E-state index is 0.0431. The standard InChI is InChI=1S/C17H22N4O3/c22-14-1-2-15(16(23)9-14)20-17(24)8-12-7-13(11-19-10-12)21-5-3-18-4-6-21/h7,10-11,15,18H,1-6,8-9H2,(H,20,24). The van der Waals surface area contributed by atoms with E-state index in [2.05, 4.69) is 20.5 Å². The second kappa shape index (κ2) is 7.53. The van der Waals surface area contributed by atoms with Crippen LogP contribution in [-0.4, -0.2) is 54.7 Å². The first-order chi connectivity index (χ1) is 11.6. The fourth-order valence-electron chi connectivity index (χ4n) is 3.12. The highest BCUT2D eigenvalue weighted by Crippen LogP contribution is 2.16. The van der Waals surface area contributed by atoms with Gasteiger partial charge >= 0.3 is 0 Å². The summed E-state index contributed by atoms with van der Waals surface area (Å²) in [6.45, 7) is 3.71. The molecule has 2 N–H and O–H groups in total. The summed E-state index contributed by atoms with van der Waals surface area (Å²) in [6, 6.07) is 1.45. The molecular weight excluding hydrogens is 308 g/mol. The predicted octanol–water partition coefficient (Wildman–Crippen LogP) is -0.159. The van der Waals surface area contributed by atoms with Gasteiger partial charge in [-0.05, 0) is 18.1 Å². The van der Waals surface area contributed by atoms with Crippen LogP contribution in [-0.2, 0) is 20.8 Å². The fourth-order valence-corrected chi connectivity index (χ4v) is 3.12. The van der Waals surface area contributed by atoms with Crippen LogP contribution < -0.4 is 15.5 Å². The Bertz CT molecular complexity index is 640. The minimum atomic E-state index is -0.528. The Kier molecular flexibility index (Phi) is 5.20. The van der Waals surface area contributed by atoms with Gasteiger partial charge in [0.2, 0.25) is 5.91 Å². The maximum absolute atomic E-state index is 12.2. The molecule has 0 bridgehead atoms. The molecule has 0 spiro atoms.